The van der Waals surface area contributed by atoms with Crippen molar-refractivity contribution in [2.75, 3.05) is 5.32 Å². The van der Waals surface area contributed by atoms with E-state index in [2.05, 4.69) is 15.5 Å². The zero-order valence-corrected chi connectivity index (χ0v) is 17.6. The molecule has 12 heteroatoms. The number of benzene rings is 1. The van der Waals surface area contributed by atoms with Crippen LogP contribution in [0.25, 0.3) is 0 Å². The number of hydrogen-bond donors (Lipinski definition) is 1. The van der Waals surface area contributed by atoms with E-state index in [-0.39, 0.29) is 42.6 Å². The average molecular weight is 450 g/mol. The molecule has 9 nitrogen and oxygen atoms in total. The number of alkyl halides is 3. The van der Waals surface area contributed by atoms with Crippen LogP contribution >= 0.6 is 0 Å². The molecule has 0 unspecified atom stereocenters. The molecule has 3 aromatic rings. The summed E-state index contributed by atoms with van der Waals surface area (Å²) in [4.78, 5) is 22.9. The van der Waals surface area contributed by atoms with Crippen LogP contribution in [0, 0.1) is 30.9 Å². The second-order valence-electron chi connectivity index (χ2n) is 7.32. The minimum Gasteiger partial charge on any atom is -0.309 e. The molecule has 1 N–H and O–H groups in total. The average Bonchev–Trinajstić information content (AvgIpc) is 3.17. The normalized spacial score (nSPS) is 11.6. The standard InChI is InChI=1S/C20H21F3N6O3/c1-12-9-17(26-28(12)11-15-5-4-6-16(10-15)20(21,22)23)24-18(30)7-8-27-14(3)19(29(31)32)13(2)25-27/h4-6,9-10H,7-8,11H2,1-3H3,(H,24,26,30). The van der Waals surface area contributed by atoms with Crippen LogP contribution in [0.3, 0.4) is 0 Å². The number of aromatic nitrogens is 4. The van der Waals surface area contributed by atoms with E-state index >= 15 is 0 Å². The molecule has 3 rings (SSSR count). The molecular formula is C20H21F3N6O3. The Hall–Kier alpha value is -3.70. The summed E-state index contributed by atoms with van der Waals surface area (Å²) in [5, 5.41) is 22.0. The molecule has 0 radical (unpaired) electrons. The van der Waals surface area contributed by atoms with Gasteiger partial charge < -0.3 is 5.32 Å². The number of carbonyl (C=O) groups excluding carboxylic acids is 1. The molecule has 0 aliphatic carbocycles. The Morgan fingerprint density at radius 3 is 2.50 bits per heavy atom. The highest BCUT2D eigenvalue weighted by molar-refractivity contribution is 5.89. The lowest BCUT2D eigenvalue weighted by atomic mass is 10.1. The van der Waals surface area contributed by atoms with E-state index in [0.29, 0.717) is 17.0 Å². The number of aryl methyl sites for hydroxylation is 3. The van der Waals surface area contributed by atoms with Crippen LogP contribution in [-0.4, -0.2) is 30.4 Å². The van der Waals surface area contributed by atoms with Crippen molar-refractivity contribution in [2.24, 2.45) is 0 Å². The number of anilines is 1. The predicted molar refractivity (Wildman–Crippen MR) is 109 cm³/mol. The minimum atomic E-state index is -4.43. The Morgan fingerprint density at radius 1 is 1.16 bits per heavy atom. The molecule has 1 amide bonds. The van der Waals surface area contributed by atoms with E-state index in [9.17, 15) is 28.1 Å². The summed E-state index contributed by atoms with van der Waals surface area (Å²) in [7, 11) is 0. The second kappa shape index (κ2) is 8.81. The molecule has 1 aromatic carbocycles. The molecule has 0 bridgehead atoms. The highest BCUT2D eigenvalue weighted by Gasteiger charge is 2.30. The lowest BCUT2D eigenvalue weighted by Gasteiger charge is -2.09. The van der Waals surface area contributed by atoms with Gasteiger partial charge in [0.2, 0.25) is 5.91 Å². The molecule has 0 fully saturated rings. The summed E-state index contributed by atoms with van der Waals surface area (Å²) in [6, 6.07) is 6.58. The fraction of sp³-hybridized carbons (Fsp3) is 0.350. The van der Waals surface area contributed by atoms with Crippen molar-refractivity contribution >= 4 is 17.4 Å². The quantitative estimate of drug-likeness (QED) is 0.432. The Bertz CT molecular complexity index is 1170. The highest BCUT2D eigenvalue weighted by Crippen LogP contribution is 2.29. The number of halogens is 3. The maximum Gasteiger partial charge on any atom is 0.416 e. The largest absolute Gasteiger partial charge is 0.416 e. The van der Waals surface area contributed by atoms with Crippen molar-refractivity contribution in [1.29, 1.82) is 0 Å². The first-order chi connectivity index (χ1) is 15.0. The van der Waals surface area contributed by atoms with Gasteiger partial charge in [0.1, 0.15) is 11.4 Å². The number of nitrogens with one attached hydrogen (secondary N) is 1. The number of nitro groups is 1. The first-order valence-electron chi connectivity index (χ1n) is 9.64. The van der Waals surface area contributed by atoms with E-state index < -0.39 is 16.7 Å². The minimum absolute atomic E-state index is 0.0125. The van der Waals surface area contributed by atoms with E-state index in [0.717, 1.165) is 12.1 Å². The molecule has 0 saturated heterocycles. The van der Waals surface area contributed by atoms with Crippen LogP contribution in [0.1, 0.15) is 34.6 Å². The predicted octanol–water partition coefficient (Wildman–Crippen LogP) is 4.01. The number of amides is 1. The van der Waals surface area contributed by atoms with Crippen LogP contribution in [-0.2, 0) is 24.1 Å². The van der Waals surface area contributed by atoms with Gasteiger partial charge in [-0.25, -0.2) is 0 Å². The monoisotopic (exact) mass is 450 g/mol. The Kier molecular flexibility index (Phi) is 6.32. The lowest BCUT2D eigenvalue weighted by Crippen LogP contribution is -2.16. The van der Waals surface area contributed by atoms with Gasteiger partial charge in [-0.2, -0.15) is 23.4 Å². The van der Waals surface area contributed by atoms with Crippen molar-refractivity contribution in [3.8, 4) is 0 Å². The van der Waals surface area contributed by atoms with Crippen molar-refractivity contribution < 1.29 is 22.9 Å². The number of carbonyl (C=O) groups is 1. The van der Waals surface area contributed by atoms with Crippen molar-refractivity contribution in [3.05, 3.63) is 68.7 Å². The summed E-state index contributed by atoms with van der Waals surface area (Å²) >= 11 is 0. The second-order valence-corrected chi connectivity index (χ2v) is 7.32. The fourth-order valence-electron chi connectivity index (χ4n) is 3.33. The molecule has 32 heavy (non-hydrogen) atoms. The Labute approximate surface area is 181 Å². The number of rotatable bonds is 7. The fourth-order valence-corrected chi connectivity index (χ4v) is 3.33. The summed E-state index contributed by atoms with van der Waals surface area (Å²) < 4.78 is 41.6. The molecule has 0 aliphatic rings. The molecule has 0 aliphatic heterocycles. The molecule has 0 saturated carbocycles. The summed E-state index contributed by atoms with van der Waals surface area (Å²) in [6.45, 7) is 5.08. The summed E-state index contributed by atoms with van der Waals surface area (Å²) in [6.07, 6.45) is -4.42. The van der Waals surface area contributed by atoms with Crippen LogP contribution < -0.4 is 5.32 Å². The van der Waals surface area contributed by atoms with Gasteiger partial charge in [0.25, 0.3) is 0 Å². The maximum absolute atomic E-state index is 12.9. The van der Waals surface area contributed by atoms with Gasteiger partial charge >= 0.3 is 11.9 Å². The zero-order valence-electron chi connectivity index (χ0n) is 17.6. The van der Waals surface area contributed by atoms with Crippen molar-refractivity contribution in [3.63, 3.8) is 0 Å². The molecule has 2 aromatic heterocycles. The van der Waals surface area contributed by atoms with Crippen LogP contribution in [0.15, 0.2) is 30.3 Å². The van der Waals surface area contributed by atoms with E-state index in [1.165, 1.54) is 22.4 Å². The third-order valence-corrected chi connectivity index (χ3v) is 4.91. The van der Waals surface area contributed by atoms with Crippen molar-refractivity contribution in [1.82, 2.24) is 19.6 Å². The third kappa shape index (κ3) is 5.13. The van der Waals surface area contributed by atoms with Crippen LogP contribution in [0.2, 0.25) is 0 Å². The highest BCUT2D eigenvalue weighted by atomic mass is 19.4. The first kappa shape index (κ1) is 23.0. The number of nitrogens with zero attached hydrogens (tertiary/aromatic N) is 5. The molecular weight excluding hydrogens is 429 g/mol. The zero-order chi connectivity index (χ0) is 23.6. The topological polar surface area (TPSA) is 108 Å². The van der Waals surface area contributed by atoms with E-state index in [1.54, 1.807) is 26.0 Å². The summed E-state index contributed by atoms with van der Waals surface area (Å²) in [5.41, 5.74) is 0.910. The van der Waals surface area contributed by atoms with Crippen LogP contribution in [0.5, 0.6) is 0 Å². The Balaban J connectivity index is 1.64. The third-order valence-electron chi connectivity index (χ3n) is 4.91. The maximum atomic E-state index is 12.9. The Morgan fingerprint density at radius 2 is 1.88 bits per heavy atom. The molecule has 2 heterocycles. The molecule has 0 atom stereocenters. The smallest absolute Gasteiger partial charge is 0.309 e. The van der Waals surface area contributed by atoms with E-state index in [1.807, 2.05) is 0 Å². The lowest BCUT2D eigenvalue weighted by molar-refractivity contribution is -0.386. The van der Waals surface area contributed by atoms with Crippen molar-refractivity contribution in [2.45, 2.75) is 46.5 Å². The van der Waals surface area contributed by atoms with Gasteiger partial charge in [-0.15, -0.1) is 0 Å². The van der Waals surface area contributed by atoms with Gasteiger partial charge in [-0.05, 0) is 38.5 Å². The molecule has 170 valence electrons. The van der Waals surface area contributed by atoms with Gasteiger partial charge in [0, 0.05) is 18.2 Å². The van der Waals surface area contributed by atoms with Crippen LogP contribution in [0.4, 0.5) is 24.7 Å². The SMILES string of the molecule is Cc1nn(CCC(=O)Nc2cc(C)n(Cc3cccc(C(F)(F)F)c3)n2)c(C)c1[N+](=O)[O-]. The number of hydrogen-bond acceptors (Lipinski definition) is 5. The first-order valence-corrected chi connectivity index (χ1v) is 9.64. The summed E-state index contributed by atoms with van der Waals surface area (Å²) in [5.74, 6) is -0.109. The van der Waals surface area contributed by atoms with Gasteiger partial charge in [0.05, 0.1) is 23.6 Å². The van der Waals surface area contributed by atoms with Gasteiger partial charge in [-0.3, -0.25) is 24.3 Å². The van der Waals surface area contributed by atoms with E-state index in [4.69, 9.17) is 0 Å². The van der Waals surface area contributed by atoms with Gasteiger partial charge in [0.15, 0.2) is 5.82 Å². The van der Waals surface area contributed by atoms with Gasteiger partial charge in [-0.1, -0.05) is 12.1 Å². The molecule has 0 spiro atoms.